The smallest absolute Gasteiger partial charge is 0.407 e. The van der Waals surface area contributed by atoms with Crippen molar-refractivity contribution in [2.75, 3.05) is 39.5 Å². The number of carbonyl (C=O) groups is 4. The largest absolute Gasteiger partial charge is 0.468 e. The van der Waals surface area contributed by atoms with Crippen LogP contribution in [0.1, 0.15) is 66.2 Å². The van der Waals surface area contributed by atoms with E-state index in [1.54, 1.807) is 6.92 Å². The van der Waals surface area contributed by atoms with E-state index in [1.807, 2.05) is 0 Å². The van der Waals surface area contributed by atoms with Crippen molar-refractivity contribution in [2.45, 2.75) is 66.2 Å². The molecule has 10 nitrogen and oxygen atoms in total. The van der Waals surface area contributed by atoms with Crippen LogP contribution in [0.25, 0.3) is 0 Å². The first-order valence-electron chi connectivity index (χ1n) is 12.7. The second kappa shape index (κ2) is 16.8. The zero-order valence-corrected chi connectivity index (χ0v) is 22.3. The Bertz CT molecular complexity index is 717. The number of rotatable bonds is 16. The molecule has 0 saturated heterocycles. The van der Waals surface area contributed by atoms with Crippen molar-refractivity contribution in [3.63, 3.8) is 0 Å². The van der Waals surface area contributed by atoms with E-state index in [0.717, 1.165) is 38.5 Å². The lowest BCUT2D eigenvalue weighted by Crippen LogP contribution is -2.36. The molecule has 0 radical (unpaired) electrons. The molecule has 0 spiro atoms. The highest BCUT2D eigenvalue weighted by atomic mass is 16.6. The molecule has 1 aliphatic carbocycles. The van der Waals surface area contributed by atoms with Crippen LogP contribution in [0.3, 0.4) is 0 Å². The van der Waals surface area contributed by atoms with Gasteiger partial charge < -0.3 is 29.6 Å². The molecule has 1 saturated carbocycles. The highest BCUT2D eigenvalue weighted by Gasteiger charge is 2.24. The van der Waals surface area contributed by atoms with Crippen molar-refractivity contribution in [3.8, 4) is 0 Å². The van der Waals surface area contributed by atoms with Crippen molar-refractivity contribution in [1.82, 2.24) is 10.6 Å². The number of alkyl carbamates (subject to hydrolysis) is 2. The minimum atomic E-state index is -0.561. The normalized spacial score (nSPS) is 18.3. The summed E-state index contributed by atoms with van der Waals surface area (Å²) in [7, 11) is 0. The van der Waals surface area contributed by atoms with Gasteiger partial charge in [-0.05, 0) is 68.6 Å². The zero-order valence-electron chi connectivity index (χ0n) is 22.3. The minimum Gasteiger partial charge on any atom is -0.468 e. The van der Waals surface area contributed by atoms with Gasteiger partial charge in [-0.25, -0.2) is 14.4 Å². The van der Waals surface area contributed by atoms with Gasteiger partial charge in [0.05, 0.1) is 13.2 Å². The van der Waals surface area contributed by atoms with Gasteiger partial charge in [0.1, 0.15) is 13.2 Å². The molecule has 206 valence electrons. The fourth-order valence-corrected chi connectivity index (χ4v) is 4.28. The van der Waals surface area contributed by atoms with Gasteiger partial charge in [-0.3, -0.25) is 4.79 Å². The van der Waals surface area contributed by atoms with Gasteiger partial charge in [-0.1, -0.05) is 27.4 Å². The molecule has 10 heteroatoms. The van der Waals surface area contributed by atoms with Gasteiger partial charge in [0.2, 0.25) is 0 Å². The molecule has 2 N–H and O–H groups in total. The highest BCUT2D eigenvalue weighted by Crippen LogP contribution is 2.29. The van der Waals surface area contributed by atoms with Crippen LogP contribution in [0.5, 0.6) is 0 Å². The summed E-state index contributed by atoms with van der Waals surface area (Å²) in [6.07, 6.45) is 4.58. The number of hydrogen-bond acceptors (Lipinski definition) is 8. The van der Waals surface area contributed by atoms with Gasteiger partial charge in [-0.15, -0.1) is 0 Å². The Balaban J connectivity index is 2.12. The van der Waals surface area contributed by atoms with E-state index in [9.17, 15) is 19.2 Å². The summed E-state index contributed by atoms with van der Waals surface area (Å²) in [5.41, 5.74) is 0.126. The van der Waals surface area contributed by atoms with Crippen molar-refractivity contribution >= 4 is 24.6 Å². The third-order valence-electron chi connectivity index (χ3n) is 6.23. The van der Waals surface area contributed by atoms with E-state index in [4.69, 9.17) is 18.9 Å². The molecule has 0 bridgehead atoms. The third-order valence-corrected chi connectivity index (χ3v) is 6.23. The Labute approximate surface area is 214 Å². The first-order valence-corrected chi connectivity index (χ1v) is 12.7. The summed E-state index contributed by atoms with van der Waals surface area (Å²) in [5.74, 6) is 0.570. The lowest BCUT2D eigenvalue weighted by atomic mass is 9.82. The molecule has 1 unspecified atom stereocenters. The SMILES string of the molecule is C=C(C)C(=O)OCCOC(=O)NCC(C)(C)CC(C)CCNC(=O)OCC1CCC(COC=O)CC1. The number of hydrogen-bond donors (Lipinski definition) is 2. The lowest BCUT2D eigenvalue weighted by Gasteiger charge is -2.28. The van der Waals surface area contributed by atoms with Crippen LogP contribution in [0, 0.1) is 23.2 Å². The summed E-state index contributed by atoms with van der Waals surface area (Å²) >= 11 is 0. The van der Waals surface area contributed by atoms with Crippen molar-refractivity contribution in [1.29, 1.82) is 0 Å². The monoisotopic (exact) mass is 512 g/mol. The fraction of sp³-hybridized carbons (Fsp3) is 0.769. The van der Waals surface area contributed by atoms with E-state index < -0.39 is 18.2 Å². The molecule has 0 aliphatic heterocycles. The molecule has 1 aliphatic rings. The van der Waals surface area contributed by atoms with Crippen LogP contribution in [-0.4, -0.2) is 64.1 Å². The number of esters is 1. The summed E-state index contributed by atoms with van der Waals surface area (Å²) < 4.78 is 20.1. The minimum absolute atomic E-state index is 0.0198. The Morgan fingerprint density at radius 2 is 1.56 bits per heavy atom. The van der Waals surface area contributed by atoms with Gasteiger partial charge in [0, 0.05) is 18.7 Å². The molecule has 1 fully saturated rings. The molecule has 0 aromatic heterocycles. The quantitative estimate of drug-likeness (QED) is 0.104. The van der Waals surface area contributed by atoms with Crippen LogP contribution in [0.4, 0.5) is 9.59 Å². The molecule has 0 aromatic rings. The molecular formula is C26H44N2O8. The molecular weight excluding hydrogens is 468 g/mol. The van der Waals surface area contributed by atoms with Crippen LogP contribution >= 0.6 is 0 Å². The van der Waals surface area contributed by atoms with E-state index in [0.29, 0.717) is 56.1 Å². The van der Waals surface area contributed by atoms with Gasteiger partial charge in [0.15, 0.2) is 0 Å². The maximum Gasteiger partial charge on any atom is 0.407 e. The molecule has 0 aromatic carbocycles. The average molecular weight is 513 g/mol. The molecule has 2 amide bonds. The topological polar surface area (TPSA) is 129 Å². The van der Waals surface area contributed by atoms with Crippen molar-refractivity contribution < 1.29 is 38.1 Å². The Kier molecular flexibility index (Phi) is 14.6. The Morgan fingerprint density at radius 1 is 0.972 bits per heavy atom. The summed E-state index contributed by atoms with van der Waals surface area (Å²) in [5, 5.41) is 5.56. The molecule has 0 heterocycles. The van der Waals surface area contributed by atoms with Crippen LogP contribution in [-0.2, 0) is 28.5 Å². The fourth-order valence-electron chi connectivity index (χ4n) is 4.28. The van der Waals surface area contributed by atoms with E-state index in [-0.39, 0.29) is 18.6 Å². The van der Waals surface area contributed by atoms with Crippen molar-refractivity contribution in [2.24, 2.45) is 23.2 Å². The third kappa shape index (κ3) is 14.6. The van der Waals surface area contributed by atoms with Crippen LogP contribution in [0.15, 0.2) is 12.2 Å². The number of carbonyl (C=O) groups excluding carboxylic acids is 4. The average Bonchev–Trinajstić information content (AvgIpc) is 2.83. The van der Waals surface area contributed by atoms with Gasteiger partial charge in [-0.2, -0.15) is 0 Å². The first-order chi connectivity index (χ1) is 17.0. The maximum absolute atomic E-state index is 12.0. The summed E-state index contributed by atoms with van der Waals surface area (Å²) in [4.78, 5) is 45.5. The lowest BCUT2D eigenvalue weighted by molar-refractivity contribution is -0.140. The molecule has 1 atom stereocenters. The second-order valence-electron chi connectivity index (χ2n) is 10.5. The number of amides is 2. The van der Waals surface area contributed by atoms with Gasteiger partial charge >= 0.3 is 18.2 Å². The molecule has 1 rings (SSSR count). The predicted octanol–water partition coefficient (Wildman–Crippen LogP) is 3.98. The van der Waals surface area contributed by atoms with Crippen LogP contribution in [0.2, 0.25) is 0 Å². The van der Waals surface area contributed by atoms with Crippen molar-refractivity contribution in [3.05, 3.63) is 12.2 Å². The second-order valence-corrected chi connectivity index (χ2v) is 10.5. The Morgan fingerprint density at radius 3 is 2.17 bits per heavy atom. The standard InChI is InChI=1S/C26H44N2O8/c1-19(2)23(30)34-12-13-35-25(32)28-17-26(4,5)14-20(3)10-11-27-24(31)36-16-22-8-6-21(7-9-22)15-33-18-29/h18,20-22H,1,6-17H2,2-5H3,(H,27,31)(H,28,32). The zero-order chi connectivity index (χ0) is 27.0. The maximum atomic E-state index is 12.0. The predicted molar refractivity (Wildman–Crippen MR) is 134 cm³/mol. The number of nitrogens with one attached hydrogen (secondary N) is 2. The van der Waals surface area contributed by atoms with E-state index >= 15 is 0 Å². The van der Waals surface area contributed by atoms with E-state index in [1.165, 1.54) is 0 Å². The Hall–Kier alpha value is -2.78. The summed E-state index contributed by atoms with van der Waals surface area (Å²) in [6, 6.07) is 0. The van der Waals surface area contributed by atoms with Crippen LogP contribution < -0.4 is 10.6 Å². The van der Waals surface area contributed by atoms with E-state index in [2.05, 4.69) is 38.0 Å². The highest BCUT2D eigenvalue weighted by molar-refractivity contribution is 5.86. The number of ether oxygens (including phenoxy) is 4. The first kappa shape index (κ1) is 31.3. The summed E-state index contributed by atoms with van der Waals surface area (Å²) in [6.45, 7) is 13.5. The van der Waals surface area contributed by atoms with Gasteiger partial charge in [0.25, 0.3) is 6.47 Å². The molecule has 36 heavy (non-hydrogen) atoms.